The number of hydrogen-bond donors (Lipinski definition) is 2. The van der Waals surface area contributed by atoms with Crippen LogP contribution in [0.3, 0.4) is 0 Å². The lowest BCUT2D eigenvalue weighted by atomic mass is 10.2. The summed E-state index contributed by atoms with van der Waals surface area (Å²) in [6, 6.07) is 8.98. The summed E-state index contributed by atoms with van der Waals surface area (Å²) in [6.07, 6.45) is 3.02. The fourth-order valence-electron chi connectivity index (χ4n) is 1.68. The fourth-order valence-corrected chi connectivity index (χ4v) is 1.68. The smallest absolute Gasteiger partial charge is 0.337 e. The third kappa shape index (κ3) is 3.71. The number of benzene rings is 1. The first-order chi connectivity index (χ1) is 9.54. The van der Waals surface area contributed by atoms with Gasteiger partial charge >= 0.3 is 5.97 Å². The summed E-state index contributed by atoms with van der Waals surface area (Å²) in [6.45, 7) is 3.93. The van der Waals surface area contributed by atoms with E-state index in [1.54, 1.807) is 6.20 Å². The molecule has 5 heteroatoms. The molecule has 0 aliphatic heterocycles. The van der Waals surface area contributed by atoms with Gasteiger partial charge in [0.1, 0.15) is 5.75 Å². The van der Waals surface area contributed by atoms with Gasteiger partial charge in [-0.15, -0.1) is 0 Å². The van der Waals surface area contributed by atoms with Crippen molar-refractivity contribution < 1.29 is 14.6 Å². The second kappa shape index (κ2) is 6.06. The van der Waals surface area contributed by atoms with Gasteiger partial charge < -0.3 is 15.2 Å². The van der Waals surface area contributed by atoms with Crippen molar-refractivity contribution in [1.82, 2.24) is 4.98 Å². The predicted octanol–water partition coefficient (Wildman–Crippen LogP) is 3.31. The number of carboxylic acid groups (broad SMARTS) is 1. The molecule has 1 aromatic carbocycles. The van der Waals surface area contributed by atoms with Crippen LogP contribution in [0.25, 0.3) is 0 Å². The Bertz CT molecular complexity index is 594. The first-order valence-corrected chi connectivity index (χ1v) is 6.26. The van der Waals surface area contributed by atoms with Gasteiger partial charge in [0, 0.05) is 11.9 Å². The summed E-state index contributed by atoms with van der Waals surface area (Å²) in [5.74, 6) is -0.204. The number of aromatic carboxylic acids is 1. The predicted molar refractivity (Wildman–Crippen MR) is 76.7 cm³/mol. The summed E-state index contributed by atoms with van der Waals surface area (Å²) in [5, 5.41) is 12.0. The third-order valence-electron chi connectivity index (χ3n) is 2.50. The van der Waals surface area contributed by atoms with E-state index in [0.29, 0.717) is 5.69 Å². The molecule has 2 rings (SSSR count). The van der Waals surface area contributed by atoms with Crippen LogP contribution >= 0.6 is 0 Å². The molecule has 0 bridgehead atoms. The van der Waals surface area contributed by atoms with Crippen molar-refractivity contribution in [1.29, 1.82) is 0 Å². The van der Waals surface area contributed by atoms with Crippen molar-refractivity contribution in [2.75, 3.05) is 5.32 Å². The third-order valence-corrected chi connectivity index (χ3v) is 2.50. The molecule has 20 heavy (non-hydrogen) atoms. The highest BCUT2D eigenvalue weighted by Crippen LogP contribution is 2.20. The lowest BCUT2D eigenvalue weighted by Crippen LogP contribution is -2.05. The van der Waals surface area contributed by atoms with Gasteiger partial charge in [0.05, 0.1) is 23.6 Å². The number of carbonyl (C=O) groups is 1. The van der Waals surface area contributed by atoms with E-state index in [4.69, 9.17) is 9.84 Å². The maximum absolute atomic E-state index is 10.9. The van der Waals surface area contributed by atoms with E-state index in [9.17, 15) is 4.79 Å². The van der Waals surface area contributed by atoms with Crippen molar-refractivity contribution in [3.8, 4) is 5.75 Å². The van der Waals surface area contributed by atoms with Gasteiger partial charge in [-0.25, -0.2) is 4.79 Å². The van der Waals surface area contributed by atoms with Gasteiger partial charge in [-0.2, -0.15) is 0 Å². The molecule has 0 spiro atoms. The van der Waals surface area contributed by atoms with Crippen molar-refractivity contribution in [2.45, 2.75) is 20.0 Å². The number of anilines is 2. The first-order valence-electron chi connectivity index (χ1n) is 6.26. The summed E-state index contributed by atoms with van der Waals surface area (Å²) in [5.41, 5.74) is 1.61. The van der Waals surface area contributed by atoms with Crippen LogP contribution in [0, 0.1) is 0 Å². The number of aromatic nitrogens is 1. The molecule has 5 nitrogen and oxygen atoms in total. The van der Waals surface area contributed by atoms with Crippen LogP contribution in [0.2, 0.25) is 0 Å². The Kier molecular flexibility index (Phi) is 4.20. The normalized spacial score (nSPS) is 10.3. The van der Waals surface area contributed by atoms with Crippen molar-refractivity contribution in [3.63, 3.8) is 0 Å². The summed E-state index contributed by atoms with van der Waals surface area (Å²) in [4.78, 5) is 14.8. The molecule has 0 unspecified atom stereocenters. The van der Waals surface area contributed by atoms with Crippen molar-refractivity contribution in [3.05, 3.63) is 48.3 Å². The summed E-state index contributed by atoms with van der Waals surface area (Å²) in [7, 11) is 0. The lowest BCUT2D eigenvalue weighted by molar-refractivity contribution is 0.0696. The molecule has 0 amide bonds. The Balaban J connectivity index is 2.10. The highest BCUT2D eigenvalue weighted by molar-refractivity contribution is 5.88. The van der Waals surface area contributed by atoms with Gasteiger partial charge in [-0.1, -0.05) is 0 Å². The molecule has 2 aromatic rings. The summed E-state index contributed by atoms with van der Waals surface area (Å²) >= 11 is 0. The maximum atomic E-state index is 10.9. The molecular weight excluding hydrogens is 256 g/mol. The van der Waals surface area contributed by atoms with Gasteiger partial charge in [-0.05, 0) is 44.2 Å². The molecule has 0 radical (unpaired) electrons. The van der Waals surface area contributed by atoms with Crippen LogP contribution in [-0.4, -0.2) is 22.2 Å². The molecule has 0 fully saturated rings. The number of carboxylic acids is 1. The van der Waals surface area contributed by atoms with Crippen LogP contribution in [-0.2, 0) is 0 Å². The monoisotopic (exact) mass is 272 g/mol. The topological polar surface area (TPSA) is 71.5 Å². The average molecular weight is 272 g/mol. The van der Waals surface area contributed by atoms with Crippen LogP contribution in [0.5, 0.6) is 5.75 Å². The molecule has 0 saturated carbocycles. The number of nitrogens with one attached hydrogen (secondary N) is 1. The highest BCUT2D eigenvalue weighted by atomic mass is 16.5. The Morgan fingerprint density at radius 3 is 2.50 bits per heavy atom. The molecular formula is C15H16N2O3. The van der Waals surface area contributed by atoms with Crippen LogP contribution < -0.4 is 10.1 Å². The molecule has 0 aliphatic carbocycles. The quantitative estimate of drug-likeness (QED) is 0.873. The van der Waals surface area contributed by atoms with Gasteiger partial charge in [0.25, 0.3) is 0 Å². The van der Waals surface area contributed by atoms with Gasteiger partial charge in [0.2, 0.25) is 0 Å². The second-order valence-electron chi connectivity index (χ2n) is 4.58. The number of ether oxygens (including phenoxy) is 1. The molecule has 1 aromatic heterocycles. The maximum Gasteiger partial charge on any atom is 0.337 e. The van der Waals surface area contributed by atoms with E-state index in [1.165, 1.54) is 12.3 Å². The Morgan fingerprint density at radius 1 is 1.20 bits per heavy atom. The lowest BCUT2D eigenvalue weighted by Gasteiger charge is -2.11. The molecule has 2 N–H and O–H groups in total. The Hall–Kier alpha value is -2.56. The van der Waals surface area contributed by atoms with Crippen molar-refractivity contribution in [2.24, 2.45) is 0 Å². The minimum atomic E-state index is -0.998. The first kappa shape index (κ1) is 13.9. The van der Waals surface area contributed by atoms with Crippen molar-refractivity contribution >= 4 is 17.3 Å². The number of rotatable bonds is 5. The molecule has 0 aliphatic rings. The molecule has 0 atom stereocenters. The highest BCUT2D eigenvalue weighted by Gasteiger charge is 2.04. The van der Waals surface area contributed by atoms with Crippen LogP contribution in [0.4, 0.5) is 11.4 Å². The van der Waals surface area contributed by atoms with E-state index in [2.05, 4.69) is 10.3 Å². The minimum Gasteiger partial charge on any atom is -0.491 e. The molecule has 1 heterocycles. The van der Waals surface area contributed by atoms with Crippen LogP contribution in [0.15, 0.2) is 42.7 Å². The Labute approximate surface area is 117 Å². The van der Waals surface area contributed by atoms with Gasteiger partial charge in [0.15, 0.2) is 0 Å². The fraction of sp³-hybridized carbons (Fsp3) is 0.200. The van der Waals surface area contributed by atoms with E-state index >= 15 is 0 Å². The van der Waals surface area contributed by atoms with E-state index < -0.39 is 5.97 Å². The van der Waals surface area contributed by atoms with E-state index in [-0.39, 0.29) is 11.7 Å². The zero-order valence-electron chi connectivity index (χ0n) is 11.3. The zero-order chi connectivity index (χ0) is 14.5. The number of hydrogen-bond acceptors (Lipinski definition) is 4. The second-order valence-corrected chi connectivity index (χ2v) is 4.58. The standard InChI is InChI=1S/C15H16N2O3/c1-10(2)20-14-5-3-12(4-6-14)17-13-7-11(15(18)19)8-16-9-13/h3-10,17H,1-2H3,(H,18,19). The van der Waals surface area contributed by atoms with Crippen LogP contribution in [0.1, 0.15) is 24.2 Å². The average Bonchev–Trinajstić information content (AvgIpc) is 2.41. The zero-order valence-corrected chi connectivity index (χ0v) is 11.3. The van der Waals surface area contributed by atoms with E-state index in [0.717, 1.165) is 11.4 Å². The number of nitrogens with zero attached hydrogens (tertiary/aromatic N) is 1. The van der Waals surface area contributed by atoms with E-state index in [1.807, 2.05) is 38.1 Å². The Morgan fingerprint density at radius 2 is 1.90 bits per heavy atom. The molecule has 0 saturated heterocycles. The number of pyridine rings is 1. The SMILES string of the molecule is CC(C)Oc1ccc(Nc2cncc(C(=O)O)c2)cc1. The molecule has 104 valence electrons. The minimum absolute atomic E-state index is 0.130. The summed E-state index contributed by atoms with van der Waals surface area (Å²) < 4.78 is 5.55. The van der Waals surface area contributed by atoms with Gasteiger partial charge in [-0.3, -0.25) is 4.98 Å². The largest absolute Gasteiger partial charge is 0.491 e.